The molecule has 0 aromatic heterocycles. The highest BCUT2D eigenvalue weighted by Gasteiger charge is 2.13. The molecule has 0 fully saturated rings. The Morgan fingerprint density at radius 3 is 2.58 bits per heavy atom. The molecule has 3 aromatic carbocycles. The summed E-state index contributed by atoms with van der Waals surface area (Å²) in [4.78, 5) is 22.9. The van der Waals surface area contributed by atoms with Gasteiger partial charge in [-0.25, -0.2) is 0 Å². The SMILES string of the molecule is Cc1cccc(NC(=O)/C(C#N)=C\c2cc(Br)c(OCc3ccc([N+](=O)[O-])cc3)c(I)c2)c1. The monoisotopic (exact) mass is 617 g/mol. The summed E-state index contributed by atoms with van der Waals surface area (Å²) >= 11 is 5.59. The van der Waals surface area contributed by atoms with Gasteiger partial charge in [0.05, 0.1) is 13.0 Å². The topological polar surface area (TPSA) is 105 Å². The molecule has 7 nitrogen and oxygen atoms in total. The van der Waals surface area contributed by atoms with E-state index in [0.717, 1.165) is 14.7 Å². The van der Waals surface area contributed by atoms with E-state index in [2.05, 4.69) is 43.8 Å². The van der Waals surface area contributed by atoms with Gasteiger partial charge >= 0.3 is 0 Å². The van der Waals surface area contributed by atoms with Crippen molar-refractivity contribution in [3.8, 4) is 11.8 Å². The largest absolute Gasteiger partial charge is 0.487 e. The summed E-state index contributed by atoms with van der Waals surface area (Å²) in [7, 11) is 0. The number of benzene rings is 3. The average Bonchev–Trinajstić information content (AvgIpc) is 2.77. The zero-order valence-corrected chi connectivity index (χ0v) is 21.1. The van der Waals surface area contributed by atoms with Crippen LogP contribution in [0.15, 0.2) is 70.7 Å². The molecule has 3 aromatic rings. The maximum Gasteiger partial charge on any atom is 0.269 e. The van der Waals surface area contributed by atoms with E-state index in [1.54, 1.807) is 30.3 Å². The molecule has 0 radical (unpaired) electrons. The lowest BCUT2D eigenvalue weighted by molar-refractivity contribution is -0.384. The number of nitrogens with one attached hydrogen (secondary N) is 1. The van der Waals surface area contributed by atoms with Crippen molar-refractivity contribution in [2.45, 2.75) is 13.5 Å². The van der Waals surface area contributed by atoms with Gasteiger partial charge in [0.25, 0.3) is 11.6 Å². The predicted molar refractivity (Wildman–Crippen MR) is 138 cm³/mol. The summed E-state index contributed by atoms with van der Waals surface area (Å²) in [5.74, 6) is 0.0987. The van der Waals surface area contributed by atoms with Crippen LogP contribution in [0.25, 0.3) is 6.08 Å². The number of nitrogens with zero attached hydrogens (tertiary/aromatic N) is 2. The maximum atomic E-state index is 12.5. The number of hydrogen-bond acceptors (Lipinski definition) is 5. The van der Waals surface area contributed by atoms with Gasteiger partial charge in [-0.2, -0.15) is 5.26 Å². The number of carbonyl (C=O) groups excluding carboxylic acids is 1. The van der Waals surface area contributed by atoms with E-state index in [0.29, 0.717) is 21.5 Å². The van der Waals surface area contributed by atoms with Crippen LogP contribution >= 0.6 is 38.5 Å². The number of halogens is 2. The van der Waals surface area contributed by atoms with Crippen molar-refractivity contribution in [2.75, 3.05) is 5.32 Å². The van der Waals surface area contributed by atoms with E-state index >= 15 is 0 Å². The van der Waals surface area contributed by atoms with Crippen LogP contribution in [-0.2, 0) is 11.4 Å². The average molecular weight is 618 g/mol. The molecule has 0 aliphatic heterocycles. The van der Waals surface area contributed by atoms with Gasteiger partial charge in [0.1, 0.15) is 24.0 Å². The van der Waals surface area contributed by atoms with Crippen LogP contribution in [0.2, 0.25) is 0 Å². The standard InChI is InChI=1S/C24H17BrIN3O4/c1-15-3-2-4-19(9-15)28-24(30)18(13-27)10-17-11-21(25)23(22(26)12-17)33-14-16-5-7-20(8-6-16)29(31)32/h2-12H,14H2,1H3,(H,28,30)/b18-10-. The number of amides is 1. The highest BCUT2D eigenvalue weighted by molar-refractivity contribution is 14.1. The summed E-state index contributed by atoms with van der Waals surface area (Å²) in [6.45, 7) is 2.14. The van der Waals surface area contributed by atoms with Crippen molar-refractivity contribution in [1.29, 1.82) is 5.26 Å². The molecule has 0 aliphatic carbocycles. The fraction of sp³-hybridized carbons (Fsp3) is 0.0833. The Labute approximate surface area is 212 Å². The highest BCUT2D eigenvalue weighted by atomic mass is 127. The van der Waals surface area contributed by atoms with Gasteiger partial charge in [0.15, 0.2) is 0 Å². The quantitative estimate of drug-likeness (QED) is 0.109. The van der Waals surface area contributed by atoms with E-state index in [1.807, 2.05) is 31.2 Å². The summed E-state index contributed by atoms with van der Waals surface area (Å²) in [6, 6.07) is 19.0. The molecular weight excluding hydrogens is 601 g/mol. The van der Waals surface area contributed by atoms with Crippen LogP contribution < -0.4 is 10.1 Å². The van der Waals surface area contributed by atoms with Gasteiger partial charge in [0.2, 0.25) is 0 Å². The number of ether oxygens (including phenoxy) is 1. The summed E-state index contributed by atoms with van der Waals surface area (Å²) in [6.07, 6.45) is 1.51. The van der Waals surface area contributed by atoms with Crippen LogP contribution in [-0.4, -0.2) is 10.8 Å². The lowest BCUT2D eigenvalue weighted by Gasteiger charge is -2.12. The molecule has 3 rings (SSSR count). The molecule has 0 bridgehead atoms. The number of hydrogen-bond donors (Lipinski definition) is 1. The molecule has 1 N–H and O–H groups in total. The van der Waals surface area contributed by atoms with E-state index in [9.17, 15) is 20.2 Å². The first-order valence-corrected chi connectivity index (χ1v) is 11.5. The van der Waals surface area contributed by atoms with Crippen molar-refractivity contribution in [3.63, 3.8) is 0 Å². The van der Waals surface area contributed by atoms with Gasteiger partial charge in [-0.15, -0.1) is 0 Å². The Morgan fingerprint density at radius 1 is 1.24 bits per heavy atom. The number of aryl methyl sites for hydroxylation is 1. The van der Waals surface area contributed by atoms with Gasteiger partial charge in [0, 0.05) is 17.8 Å². The number of nitro benzene ring substituents is 1. The Balaban J connectivity index is 1.75. The lowest BCUT2D eigenvalue weighted by Crippen LogP contribution is -2.13. The Morgan fingerprint density at radius 2 is 1.97 bits per heavy atom. The van der Waals surface area contributed by atoms with Crippen LogP contribution in [0.1, 0.15) is 16.7 Å². The Bertz CT molecular complexity index is 1260. The second-order valence-corrected chi connectivity index (χ2v) is 9.04. The fourth-order valence-electron chi connectivity index (χ4n) is 2.91. The smallest absolute Gasteiger partial charge is 0.269 e. The molecule has 166 valence electrons. The molecule has 9 heteroatoms. The molecule has 0 atom stereocenters. The molecule has 0 heterocycles. The number of nitriles is 1. The number of non-ortho nitro benzene ring substituents is 1. The van der Waals surface area contributed by atoms with Gasteiger partial charge in [-0.05, 0) is 105 Å². The molecule has 0 unspecified atom stereocenters. The van der Waals surface area contributed by atoms with E-state index in [1.165, 1.54) is 18.2 Å². The summed E-state index contributed by atoms with van der Waals surface area (Å²) in [5, 5.41) is 23.0. The number of rotatable bonds is 7. The molecule has 0 saturated heterocycles. The van der Waals surface area contributed by atoms with Crippen molar-refractivity contribution in [1.82, 2.24) is 0 Å². The van der Waals surface area contributed by atoms with Gasteiger partial charge in [-0.3, -0.25) is 14.9 Å². The highest BCUT2D eigenvalue weighted by Crippen LogP contribution is 2.33. The summed E-state index contributed by atoms with van der Waals surface area (Å²) in [5.41, 5.74) is 3.05. The molecule has 1 amide bonds. The minimum atomic E-state index is -0.493. The second kappa shape index (κ2) is 11.1. The Hall–Kier alpha value is -3.23. The fourth-order valence-corrected chi connectivity index (χ4v) is 4.68. The van der Waals surface area contributed by atoms with Gasteiger partial charge in [-0.1, -0.05) is 12.1 Å². The van der Waals surface area contributed by atoms with Crippen molar-refractivity contribution in [2.24, 2.45) is 0 Å². The maximum absolute atomic E-state index is 12.5. The minimum absolute atomic E-state index is 0.0189. The molecule has 0 aliphatic rings. The van der Waals surface area contributed by atoms with E-state index < -0.39 is 10.8 Å². The zero-order valence-electron chi connectivity index (χ0n) is 17.3. The van der Waals surface area contributed by atoms with Crippen molar-refractivity contribution < 1.29 is 14.5 Å². The van der Waals surface area contributed by atoms with Crippen LogP contribution in [0, 0.1) is 31.9 Å². The van der Waals surface area contributed by atoms with Crippen molar-refractivity contribution >= 4 is 61.9 Å². The third kappa shape index (κ3) is 6.63. The van der Waals surface area contributed by atoms with Crippen molar-refractivity contribution in [3.05, 3.63) is 101 Å². The Kier molecular flexibility index (Phi) is 8.19. The second-order valence-electron chi connectivity index (χ2n) is 7.02. The molecule has 0 spiro atoms. The first-order chi connectivity index (χ1) is 15.8. The van der Waals surface area contributed by atoms with Crippen LogP contribution in [0.5, 0.6) is 5.75 Å². The van der Waals surface area contributed by atoms with E-state index in [-0.39, 0.29) is 17.9 Å². The van der Waals surface area contributed by atoms with E-state index in [4.69, 9.17) is 4.74 Å². The first-order valence-electron chi connectivity index (χ1n) is 9.62. The lowest BCUT2D eigenvalue weighted by atomic mass is 10.1. The third-order valence-electron chi connectivity index (χ3n) is 4.50. The van der Waals surface area contributed by atoms with Crippen LogP contribution in [0.4, 0.5) is 11.4 Å². The minimum Gasteiger partial charge on any atom is -0.487 e. The summed E-state index contributed by atoms with van der Waals surface area (Å²) < 4.78 is 7.31. The third-order valence-corrected chi connectivity index (χ3v) is 5.89. The molecule has 33 heavy (non-hydrogen) atoms. The first kappa shape index (κ1) is 24.4. The number of nitro groups is 1. The van der Waals surface area contributed by atoms with Crippen LogP contribution in [0.3, 0.4) is 0 Å². The number of anilines is 1. The normalized spacial score (nSPS) is 10.9. The number of carbonyl (C=O) groups is 1. The zero-order chi connectivity index (χ0) is 24.0. The van der Waals surface area contributed by atoms with Gasteiger partial charge < -0.3 is 10.1 Å². The predicted octanol–water partition coefficient (Wildman–Crippen LogP) is 6.40. The molecular formula is C24H17BrIN3O4. The molecule has 0 saturated carbocycles.